The van der Waals surface area contributed by atoms with Crippen LogP contribution in [-0.2, 0) is 4.79 Å². The number of amides is 1. The molecule has 0 spiro atoms. The molecule has 5 heteroatoms. The average Bonchev–Trinajstić information content (AvgIpc) is 3.30. The molecule has 0 aliphatic rings. The van der Waals surface area contributed by atoms with Gasteiger partial charge in [-0.15, -0.1) is 11.3 Å². The third-order valence-electron chi connectivity index (χ3n) is 4.67. The minimum absolute atomic E-state index is 0.173. The lowest BCUT2D eigenvalue weighted by molar-refractivity contribution is -0.123. The summed E-state index contributed by atoms with van der Waals surface area (Å²) in [7, 11) is 0. The number of nitrogens with one attached hydrogen (secondary N) is 1. The third kappa shape index (κ3) is 4.20. The normalized spacial score (nSPS) is 11.7. The molecular weight excluding hydrogens is 382 g/mol. The molecule has 1 aromatic heterocycles. The Hall–Kier alpha value is -3.44. The second-order valence-corrected chi connectivity index (χ2v) is 7.51. The molecule has 4 aromatic rings. The second kappa shape index (κ2) is 8.71. The molecule has 1 atom stereocenters. The summed E-state index contributed by atoms with van der Waals surface area (Å²) in [6, 6.07) is 24.7. The van der Waals surface area contributed by atoms with Gasteiger partial charge in [-0.2, -0.15) is 0 Å². The van der Waals surface area contributed by atoms with Crippen LogP contribution in [-0.4, -0.2) is 18.8 Å². The van der Waals surface area contributed by atoms with Crippen molar-refractivity contribution in [1.29, 1.82) is 0 Å². The molecule has 0 saturated carbocycles. The quantitative estimate of drug-likeness (QED) is 0.444. The van der Waals surface area contributed by atoms with Crippen LogP contribution >= 0.6 is 11.3 Å². The Balaban J connectivity index is 1.51. The molecule has 144 valence electrons. The van der Waals surface area contributed by atoms with Crippen LogP contribution in [0.25, 0.3) is 10.8 Å². The summed E-state index contributed by atoms with van der Waals surface area (Å²) in [6.45, 7) is -0.173. The van der Waals surface area contributed by atoms with E-state index < -0.39 is 0 Å². The number of benzene rings is 3. The van der Waals surface area contributed by atoms with E-state index in [2.05, 4.69) is 5.32 Å². The largest absolute Gasteiger partial charge is 0.483 e. The highest BCUT2D eigenvalue weighted by atomic mass is 32.1. The van der Waals surface area contributed by atoms with Gasteiger partial charge in [0.15, 0.2) is 12.9 Å². The first kappa shape index (κ1) is 18.9. The van der Waals surface area contributed by atoms with Gasteiger partial charge >= 0.3 is 0 Å². The first-order valence-electron chi connectivity index (χ1n) is 9.23. The Kier molecular flexibility index (Phi) is 5.68. The highest BCUT2D eigenvalue weighted by Crippen LogP contribution is 2.28. The fraction of sp³-hybridized carbons (Fsp3) is 0.0833. The lowest BCUT2D eigenvalue weighted by atomic mass is 10.0. The SMILES string of the molecule is O=Cc1c(OCC(=O)N[C@@H](c2ccccc2)c2cccs2)ccc2ccccc12. The van der Waals surface area contributed by atoms with Crippen LogP contribution in [0.1, 0.15) is 26.8 Å². The Morgan fingerprint density at radius 3 is 2.52 bits per heavy atom. The zero-order chi connectivity index (χ0) is 20.1. The van der Waals surface area contributed by atoms with Gasteiger partial charge in [-0.3, -0.25) is 9.59 Å². The molecule has 0 unspecified atom stereocenters. The zero-order valence-corrected chi connectivity index (χ0v) is 16.4. The minimum atomic E-state index is -0.253. The van der Waals surface area contributed by atoms with Crippen LogP contribution in [0.2, 0.25) is 0 Å². The van der Waals surface area contributed by atoms with Crippen LogP contribution in [0, 0.1) is 0 Å². The first-order chi connectivity index (χ1) is 14.3. The molecule has 1 heterocycles. The topological polar surface area (TPSA) is 55.4 Å². The summed E-state index contributed by atoms with van der Waals surface area (Å²) in [5, 5.41) is 6.78. The summed E-state index contributed by atoms with van der Waals surface area (Å²) in [5.41, 5.74) is 1.45. The van der Waals surface area contributed by atoms with E-state index in [1.54, 1.807) is 17.4 Å². The van der Waals surface area contributed by atoms with Gasteiger partial charge < -0.3 is 10.1 Å². The summed E-state index contributed by atoms with van der Waals surface area (Å²) >= 11 is 1.59. The Bertz CT molecular complexity index is 1120. The Morgan fingerprint density at radius 2 is 1.76 bits per heavy atom. The number of carbonyl (C=O) groups excluding carboxylic acids is 2. The number of carbonyl (C=O) groups is 2. The van der Waals surface area contributed by atoms with Crippen molar-refractivity contribution in [3.63, 3.8) is 0 Å². The summed E-state index contributed by atoms with van der Waals surface area (Å²) in [6.07, 6.45) is 0.772. The Labute approximate surface area is 172 Å². The molecule has 0 radical (unpaired) electrons. The third-order valence-corrected chi connectivity index (χ3v) is 5.61. The predicted octanol–water partition coefficient (Wildman–Crippen LogP) is 5.00. The van der Waals surface area contributed by atoms with Gasteiger partial charge in [0.2, 0.25) is 0 Å². The van der Waals surface area contributed by atoms with Gasteiger partial charge in [-0.1, -0.05) is 66.7 Å². The molecule has 1 N–H and O–H groups in total. The summed E-state index contributed by atoms with van der Waals surface area (Å²) in [4.78, 5) is 25.3. The average molecular weight is 401 g/mol. The van der Waals surface area contributed by atoms with Gasteiger partial charge in [0, 0.05) is 4.88 Å². The van der Waals surface area contributed by atoms with Gasteiger partial charge in [0.05, 0.1) is 11.6 Å². The van der Waals surface area contributed by atoms with E-state index >= 15 is 0 Å². The van der Waals surface area contributed by atoms with Crippen LogP contribution in [0.4, 0.5) is 0 Å². The predicted molar refractivity (Wildman–Crippen MR) is 116 cm³/mol. The van der Waals surface area contributed by atoms with Crippen LogP contribution < -0.4 is 10.1 Å². The highest BCUT2D eigenvalue weighted by molar-refractivity contribution is 7.10. The van der Waals surface area contributed by atoms with Crippen molar-refractivity contribution in [3.8, 4) is 5.75 Å². The van der Waals surface area contributed by atoms with Crippen molar-refractivity contribution in [2.24, 2.45) is 0 Å². The van der Waals surface area contributed by atoms with E-state index in [9.17, 15) is 9.59 Å². The number of thiophene rings is 1. The fourth-order valence-electron chi connectivity index (χ4n) is 3.29. The first-order valence-corrected chi connectivity index (χ1v) is 10.1. The molecule has 0 fully saturated rings. The monoisotopic (exact) mass is 401 g/mol. The van der Waals surface area contributed by atoms with Gasteiger partial charge in [0.1, 0.15) is 5.75 Å². The zero-order valence-electron chi connectivity index (χ0n) is 15.6. The fourth-order valence-corrected chi connectivity index (χ4v) is 4.09. The van der Waals surface area contributed by atoms with E-state index in [1.165, 1.54) is 0 Å². The minimum Gasteiger partial charge on any atom is -0.483 e. The molecular formula is C24H19NO3S. The molecule has 0 aliphatic carbocycles. The number of aldehydes is 1. The standard InChI is InChI=1S/C24H19NO3S/c26-15-20-19-10-5-4-7-17(19)12-13-21(20)28-16-23(27)25-24(22-11-6-14-29-22)18-8-2-1-3-9-18/h1-15,24H,16H2,(H,25,27)/t24-/m0/s1. The maximum atomic E-state index is 12.6. The van der Waals surface area contributed by atoms with E-state index in [0.717, 1.165) is 27.5 Å². The van der Waals surface area contributed by atoms with E-state index in [4.69, 9.17) is 4.74 Å². The lowest BCUT2D eigenvalue weighted by Gasteiger charge is -2.18. The van der Waals surface area contributed by atoms with Crippen LogP contribution in [0.5, 0.6) is 5.75 Å². The highest BCUT2D eigenvalue weighted by Gasteiger charge is 2.18. The van der Waals surface area contributed by atoms with E-state index in [1.807, 2.05) is 78.2 Å². The van der Waals surface area contributed by atoms with Crippen LogP contribution in [0.3, 0.4) is 0 Å². The molecule has 4 rings (SSSR count). The van der Waals surface area contributed by atoms with E-state index in [0.29, 0.717) is 11.3 Å². The van der Waals surface area contributed by atoms with E-state index in [-0.39, 0.29) is 18.6 Å². The lowest BCUT2D eigenvalue weighted by Crippen LogP contribution is -2.33. The van der Waals surface area contributed by atoms with Crippen molar-refractivity contribution in [3.05, 3.63) is 100 Å². The van der Waals surface area contributed by atoms with Crippen molar-refractivity contribution in [1.82, 2.24) is 5.32 Å². The Morgan fingerprint density at radius 1 is 0.966 bits per heavy atom. The maximum Gasteiger partial charge on any atom is 0.258 e. The van der Waals surface area contributed by atoms with Gasteiger partial charge in [0.25, 0.3) is 5.91 Å². The second-order valence-electron chi connectivity index (χ2n) is 6.53. The van der Waals surface area contributed by atoms with Crippen LogP contribution in [0.15, 0.2) is 84.2 Å². The molecule has 0 bridgehead atoms. The van der Waals surface area contributed by atoms with Crippen molar-refractivity contribution >= 4 is 34.3 Å². The summed E-state index contributed by atoms with van der Waals surface area (Å²) in [5.74, 6) is 0.151. The smallest absolute Gasteiger partial charge is 0.258 e. The van der Waals surface area contributed by atoms with Crippen molar-refractivity contribution in [2.75, 3.05) is 6.61 Å². The molecule has 0 aliphatic heterocycles. The number of ether oxygens (including phenoxy) is 1. The number of hydrogen-bond acceptors (Lipinski definition) is 4. The molecule has 4 nitrogen and oxygen atoms in total. The molecule has 1 amide bonds. The number of rotatable bonds is 7. The maximum absolute atomic E-state index is 12.6. The molecule has 0 saturated heterocycles. The van der Waals surface area contributed by atoms with Gasteiger partial charge in [-0.05, 0) is 33.8 Å². The van der Waals surface area contributed by atoms with Gasteiger partial charge in [-0.25, -0.2) is 0 Å². The van der Waals surface area contributed by atoms with Crippen molar-refractivity contribution < 1.29 is 14.3 Å². The molecule has 29 heavy (non-hydrogen) atoms. The summed E-state index contributed by atoms with van der Waals surface area (Å²) < 4.78 is 5.71. The molecule has 3 aromatic carbocycles. The number of fused-ring (bicyclic) bond motifs is 1. The number of hydrogen-bond donors (Lipinski definition) is 1. The van der Waals surface area contributed by atoms with Crippen molar-refractivity contribution in [2.45, 2.75) is 6.04 Å².